The lowest BCUT2D eigenvalue weighted by Crippen LogP contribution is -2.29. The number of carboxylic acid groups (broad SMARTS) is 1. The summed E-state index contributed by atoms with van der Waals surface area (Å²) in [5.41, 5.74) is 0. The van der Waals surface area contributed by atoms with Gasteiger partial charge in [-0.3, -0.25) is 0 Å². The SMILES string of the molecule is O=C(O)C(Cl)(Cl)CC(Cl)CCCl. The highest BCUT2D eigenvalue weighted by Crippen LogP contribution is 2.30. The second kappa shape index (κ2) is 5.38. The van der Waals surface area contributed by atoms with Gasteiger partial charge in [0.25, 0.3) is 0 Å². The van der Waals surface area contributed by atoms with E-state index in [4.69, 9.17) is 51.5 Å². The molecular weight excluding hydrogens is 246 g/mol. The smallest absolute Gasteiger partial charge is 0.340 e. The van der Waals surface area contributed by atoms with Gasteiger partial charge in [-0.25, -0.2) is 4.79 Å². The molecule has 72 valence electrons. The van der Waals surface area contributed by atoms with Gasteiger partial charge in [-0.15, -0.1) is 23.2 Å². The number of hydrogen-bond acceptors (Lipinski definition) is 1. The van der Waals surface area contributed by atoms with Crippen LogP contribution in [0.2, 0.25) is 0 Å². The first-order valence-corrected chi connectivity index (χ1v) is 4.94. The molecule has 0 heterocycles. The van der Waals surface area contributed by atoms with Crippen LogP contribution in [0, 0.1) is 0 Å². The average molecular weight is 254 g/mol. The van der Waals surface area contributed by atoms with Crippen LogP contribution in [0.1, 0.15) is 12.8 Å². The Labute approximate surface area is 90.7 Å². The van der Waals surface area contributed by atoms with E-state index in [1.807, 2.05) is 0 Å². The Hall–Kier alpha value is 0.630. The van der Waals surface area contributed by atoms with Crippen molar-refractivity contribution in [1.29, 1.82) is 0 Å². The minimum absolute atomic E-state index is 0.0142. The molecule has 6 heteroatoms. The molecule has 0 spiro atoms. The first kappa shape index (κ1) is 12.6. The second-order valence-corrected chi connectivity index (χ2v) is 4.77. The summed E-state index contributed by atoms with van der Waals surface area (Å²) >= 11 is 22.0. The molecule has 1 atom stereocenters. The molecule has 0 aromatic rings. The Morgan fingerprint density at radius 3 is 2.33 bits per heavy atom. The first-order valence-electron chi connectivity index (χ1n) is 3.21. The lowest BCUT2D eigenvalue weighted by molar-refractivity contribution is -0.137. The number of carboxylic acids is 1. The molecule has 2 nitrogen and oxygen atoms in total. The predicted octanol–water partition coefficient (Wildman–Crippen LogP) is 2.87. The van der Waals surface area contributed by atoms with E-state index in [9.17, 15) is 4.79 Å². The van der Waals surface area contributed by atoms with E-state index in [0.29, 0.717) is 12.3 Å². The Balaban J connectivity index is 3.96. The molecule has 0 saturated heterocycles. The van der Waals surface area contributed by atoms with E-state index < -0.39 is 15.7 Å². The van der Waals surface area contributed by atoms with Crippen LogP contribution in [0.3, 0.4) is 0 Å². The predicted molar refractivity (Wildman–Crippen MR) is 51.7 cm³/mol. The third-order valence-corrected chi connectivity index (χ3v) is 2.44. The van der Waals surface area contributed by atoms with E-state index in [2.05, 4.69) is 0 Å². The molecule has 1 unspecified atom stereocenters. The van der Waals surface area contributed by atoms with Crippen molar-refractivity contribution in [3.05, 3.63) is 0 Å². The fraction of sp³-hybridized carbons (Fsp3) is 0.833. The molecule has 12 heavy (non-hydrogen) atoms. The lowest BCUT2D eigenvalue weighted by Gasteiger charge is -2.16. The molecule has 0 radical (unpaired) electrons. The van der Waals surface area contributed by atoms with Crippen LogP contribution in [0.5, 0.6) is 0 Å². The zero-order valence-electron chi connectivity index (χ0n) is 6.07. The van der Waals surface area contributed by atoms with E-state index in [-0.39, 0.29) is 6.42 Å². The summed E-state index contributed by atoms with van der Waals surface area (Å²) in [6.07, 6.45) is 0.470. The van der Waals surface area contributed by atoms with Crippen LogP contribution in [-0.4, -0.2) is 26.7 Å². The molecule has 1 N–H and O–H groups in total. The van der Waals surface area contributed by atoms with Gasteiger partial charge in [0.15, 0.2) is 0 Å². The summed E-state index contributed by atoms with van der Waals surface area (Å²) < 4.78 is -1.81. The molecule has 0 saturated carbocycles. The molecule has 0 aliphatic carbocycles. The first-order chi connectivity index (χ1) is 5.40. The van der Waals surface area contributed by atoms with Crippen molar-refractivity contribution in [1.82, 2.24) is 0 Å². The maximum Gasteiger partial charge on any atom is 0.340 e. The Morgan fingerprint density at radius 2 is 2.00 bits per heavy atom. The van der Waals surface area contributed by atoms with Gasteiger partial charge < -0.3 is 5.11 Å². The Morgan fingerprint density at radius 1 is 1.50 bits per heavy atom. The zero-order chi connectivity index (χ0) is 9.78. The normalized spacial score (nSPS) is 14.3. The number of carbonyl (C=O) groups is 1. The summed E-state index contributed by atoms with van der Waals surface area (Å²) in [6, 6.07) is 0. The molecule has 0 bridgehead atoms. The van der Waals surface area contributed by atoms with Gasteiger partial charge in [0.05, 0.1) is 0 Å². The quantitative estimate of drug-likeness (QED) is 0.766. The van der Waals surface area contributed by atoms with Gasteiger partial charge in [-0.2, -0.15) is 0 Å². The monoisotopic (exact) mass is 252 g/mol. The summed E-state index contributed by atoms with van der Waals surface area (Å²) in [7, 11) is 0. The average Bonchev–Trinajstić information content (AvgIpc) is 1.85. The molecule has 0 aliphatic heterocycles. The van der Waals surface area contributed by atoms with Crippen molar-refractivity contribution in [3.8, 4) is 0 Å². The van der Waals surface area contributed by atoms with Gasteiger partial charge in [0, 0.05) is 17.7 Å². The maximum atomic E-state index is 10.4. The molecule has 0 aromatic heterocycles. The lowest BCUT2D eigenvalue weighted by atomic mass is 10.2. The Kier molecular flexibility index (Phi) is 5.66. The summed E-state index contributed by atoms with van der Waals surface area (Å²) in [5.74, 6) is -0.927. The molecule has 0 fully saturated rings. The highest BCUT2D eigenvalue weighted by Gasteiger charge is 2.35. The Bertz CT molecular complexity index is 160. The van der Waals surface area contributed by atoms with Crippen molar-refractivity contribution >= 4 is 52.4 Å². The minimum atomic E-state index is -1.81. The standard InChI is InChI=1S/C6H8Cl4O2/c7-2-1-4(8)3-6(9,10)5(11)12/h4H,1-3H2,(H,11,12). The topological polar surface area (TPSA) is 37.3 Å². The van der Waals surface area contributed by atoms with Gasteiger partial charge in [-0.1, -0.05) is 23.2 Å². The summed E-state index contributed by atoms with van der Waals surface area (Å²) in [6.45, 7) is 0. The minimum Gasteiger partial charge on any atom is -0.479 e. The van der Waals surface area contributed by atoms with Crippen LogP contribution >= 0.6 is 46.4 Å². The van der Waals surface area contributed by atoms with Crippen molar-refractivity contribution < 1.29 is 9.90 Å². The molecule has 0 amide bonds. The number of aliphatic carboxylic acids is 1. The second-order valence-electron chi connectivity index (χ2n) is 2.29. The van der Waals surface area contributed by atoms with Crippen LogP contribution in [0.15, 0.2) is 0 Å². The van der Waals surface area contributed by atoms with E-state index in [1.165, 1.54) is 0 Å². The fourth-order valence-corrected chi connectivity index (χ4v) is 1.83. The van der Waals surface area contributed by atoms with Crippen molar-refractivity contribution in [2.45, 2.75) is 22.6 Å². The highest BCUT2D eigenvalue weighted by molar-refractivity contribution is 6.57. The fourth-order valence-electron chi connectivity index (χ4n) is 0.586. The highest BCUT2D eigenvalue weighted by atomic mass is 35.5. The largest absolute Gasteiger partial charge is 0.479 e. The van der Waals surface area contributed by atoms with Crippen LogP contribution in [0.25, 0.3) is 0 Å². The third kappa shape index (κ3) is 4.61. The van der Waals surface area contributed by atoms with Crippen LogP contribution < -0.4 is 0 Å². The maximum absolute atomic E-state index is 10.4. The van der Waals surface area contributed by atoms with Crippen molar-refractivity contribution in [2.24, 2.45) is 0 Å². The molecule has 0 aromatic carbocycles. The summed E-state index contributed by atoms with van der Waals surface area (Å²) in [5, 5.41) is 8.09. The van der Waals surface area contributed by atoms with E-state index >= 15 is 0 Å². The molecular formula is C6H8Cl4O2. The van der Waals surface area contributed by atoms with Crippen molar-refractivity contribution in [3.63, 3.8) is 0 Å². The third-order valence-electron chi connectivity index (χ3n) is 1.21. The summed E-state index contributed by atoms with van der Waals surface area (Å²) in [4.78, 5) is 10.4. The van der Waals surface area contributed by atoms with Crippen molar-refractivity contribution in [2.75, 3.05) is 5.88 Å². The number of alkyl halides is 4. The van der Waals surface area contributed by atoms with Crippen LogP contribution in [-0.2, 0) is 4.79 Å². The van der Waals surface area contributed by atoms with E-state index in [1.54, 1.807) is 0 Å². The zero-order valence-corrected chi connectivity index (χ0v) is 9.09. The van der Waals surface area contributed by atoms with Gasteiger partial charge >= 0.3 is 5.97 Å². The number of hydrogen-bond donors (Lipinski definition) is 1. The van der Waals surface area contributed by atoms with Crippen LogP contribution in [0.4, 0.5) is 0 Å². The van der Waals surface area contributed by atoms with Gasteiger partial charge in [0.1, 0.15) is 0 Å². The molecule has 0 aliphatic rings. The molecule has 0 rings (SSSR count). The van der Waals surface area contributed by atoms with Gasteiger partial charge in [-0.05, 0) is 6.42 Å². The van der Waals surface area contributed by atoms with Gasteiger partial charge in [0.2, 0.25) is 4.33 Å². The number of halogens is 4. The number of rotatable bonds is 5. The van der Waals surface area contributed by atoms with E-state index in [0.717, 1.165) is 0 Å².